The minimum Gasteiger partial charge on any atom is -0.399 e. The van der Waals surface area contributed by atoms with E-state index in [-0.39, 0.29) is 9.63 Å². The fraction of sp³-hybridized carbons (Fsp3) is 0.111. The Morgan fingerprint density at radius 3 is 2.63 bits per heavy atom. The Hall–Kier alpha value is -1.13. The molecule has 2 rings (SSSR count). The van der Waals surface area contributed by atoms with E-state index in [9.17, 15) is 8.42 Å². The Morgan fingerprint density at radius 2 is 2.05 bits per heavy atom. The van der Waals surface area contributed by atoms with Crippen LogP contribution < -0.4 is 10.5 Å². The van der Waals surface area contributed by atoms with Crippen molar-refractivity contribution in [3.63, 3.8) is 0 Å². The zero-order chi connectivity index (χ0) is 14.2. The maximum atomic E-state index is 12.3. The normalized spacial score (nSPS) is 11.5. The molecule has 0 unspecified atom stereocenters. The lowest BCUT2D eigenvalue weighted by atomic mass is 10.3. The van der Waals surface area contributed by atoms with Gasteiger partial charge in [-0.1, -0.05) is 5.21 Å². The third kappa shape index (κ3) is 2.90. The summed E-state index contributed by atoms with van der Waals surface area (Å²) >= 11 is 6.30. The van der Waals surface area contributed by atoms with Gasteiger partial charge in [-0.3, -0.25) is 4.72 Å². The van der Waals surface area contributed by atoms with Crippen LogP contribution in [0, 0.1) is 0 Å². The molecule has 2 aromatic rings. The van der Waals surface area contributed by atoms with Crippen LogP contribution in [0.15, 0.2) is 32.3 Å². The number of rotatable bonds is 3. The Bertz CT molecular complexity index is 709. The van der Waals surface area contributed by atoms with E-state index in [1.165, 1.54) is 13.1 Å². The Kier molecular flexibility index (Phi) is 3.83. The first kappa shape index (κ1) is 14.3. The summed E-state index contributed by atoms with van der Waals surface area (Å²) in [4.78, 5) is 0. The summed E-state index contributed by atoms with van der Waals surface area (Å²) in [6, 6.07) is 4.83. The first-order valence-electron chi connectivity index (χ1n) is 4.94. The number of nitrogens with one attached hydrogen (secondary N) is 1. The van der Waals surface area contributed by atoms with Gasteiger partial charge in [-0.25, -0.2) is 4.68 Å². The molecule has 0 aliphatic heterocycles. The standard InChI is InChI=1S/C9H9Br2N5O2S/c1-16-9(8(11)13-15-16)19(17,18)14-7-4-5(12)2-3-6(7)10/h2-4,14H,12H2,1H3. The molecular weight excluding hydrogens is 402 g/mol. The van der Waals surface area contributed by atoms with Crippen LogP contribution in [0.4, 0.5) is 11.4 Å². The van der Waals surface area contributed by atoms with E-state index in [4.69, 9.17) is 5.73 Å². The molecule has 3 N–H and O–H groups in total. The summed E-state index contributed by atoms with van der Waals surface area (Å²) in [5.41, 5.74) is 6.42. The second-order valence-corrected chi connectivity index (χ2v) is 6.86. The number of hydrogen-bond donors (Lipinski definition) is 2. The number of anilines is 2. The van der Waals surface area contributed by atoms with Crippen LogP contribution in [0.1, 0.15) is 0 Å². The van der Waals surface area contributed by atoms with E-state index in [1.54, 1.807) is 12.1 Å². The number of aryl methyl sites for hydroxylation is 1. The highest BCUT2D eigenvalue weighted by molar-refractivity contribution is 9.10. The highest BCUT2D eigenvalue weighted by Crippen LogP contribution is 2.28. The summed E-state index contributed by atoms with van der Waals surface area (Å²) in [6.45, 7) is 0. The van der Waals surface area contributed by atoms with Gasteiger partial charge in [0.05, 0.1) is 5.69 Å². The van der Waals surface area contributed by atoms with Crippen molar-refractivity contribution in [3.8, 4) is 0 Å². The van der Waals surface area contributed by atoms with Crippen LogP contribution >= 0.6 is 31.9 Å². The number of hydrogen-bond acceptors (Lipinski definition) is 5. The molecule has 0 atom stereocenters. The fourth-order valence-corrected chi connectivity index (χ4v) is 4.07. The lowest BCUT2D eigenvalue weighted by Gasteiger charge is -2.10. The highest BCUT2D eigenvalue weighted by Gasteiger charge is 2.24. The van der Waals surface area contributed by atoms with Gasteiger partial charge in [0.2, 0.25) is 5.03 Å². The maximum absolute atomic E-state index is 12.3. The third-order valence-corrected chi connectivity index (χ3v) is 5.17. The van der Waals surface area contributed by atoms with Gasteiger partial charge in [-0.15, -0.1) is 5.10 Å². The molecule has 102 valence electrons. The van der Waals surface area contributed by atoms with Gasteiger partial charge < -0.3 is 5.73 Å². The molecule has 1 aromatic carbocycles. The van der Waals surface area contributed by atoms with E-state index in [0.717, 1.165) is 4.68 Å². The van der Waals surface area contributed by atoms with Gasteiger partial charge in [0.25, 0.3) is 10.0 Å². The summed E-state index contributed by atoms with van der Waals surface area (Å²) in [6.07, 6.45) is 0. The van der Waals surface area contributed by atoms with Gasteiger partial charge in [-0.05, 0) is 50.1 Å². The van der Waals surface area contributed by atoms with Crippen LogP contribution in [0.5, 0.6) is 0 Å². The molecule has 0 aliphatic carbocycles. The maximum Gasteiger partial charge on any atom is 0.281 e. The SMILES string of the molecule is Cn1nnc(Br)c1S(=O)(=O)Nc1cc(N)ccc1Br. The van der Waals surface area contributed by atoms with Gasteiger partial charge in [-0.2, -0.15) is 8.42 Å². The van der Waals surface area contributed by atoms with Gasteiger partial charge in [0.1, 0.15) is 0 Å². The van der Waals surface area contributed by atoms with E-state index in [2.05, 4.69) is 46.9 Å². The van der Waals surface area contributed by atoms with E-state index in [0.29, 0.717) is 15.8 Å². The number of halogens is 2. The predicted octanol–water partition coefficient (Wildman–Crippen LogP) is 1.72. The molecule has 19 heavy (non-hydrogen) atoms. The van der Waals surface area contributed by atoms with Gasteiger partial charge in [0, 0.05) is 17.2 Å². The van der Waals surface area contributed by atoms with Crippen molar-refractivity contribution in [3.05, 3.63) is 27.3 Å². The third-order valence-electron chi connectivity index (χ3n) is 2.23. The smallest absolute Gasteiger partial charge is 0.281 e. The summed E-state index contributed by atoms with van der Waals surface area (Å²) in [7, 11) is -2.33. The lowest BCUT2D eigenvalue weighted by Crippen LogP contribution is -2.17. The number of sulfonamides is 1. The van der Waals surface area contributed by atoms with Crippen LogP contribution in [0.2, 0.25) is 0 Å². The Labute approximate surface area is 126 Å². The van der Waals surface area contributed by atoms with Crippen molar-refractivity contribution in [2.75, 3.05) is 10.5 Å². The number of nitrogens with zero attached hydrogens (tertiary/aromatic N) is 3. The van der Waals surface area contributed by atoms with E-state index >= 15 is 0 Å². The summed E-state index contributed by atoms with van der Waals surface area (Å²) in [5.74, 6) is 0. The van der Waals surface area contributed by atoms with Crippen molar-refractivity contribution >= 4 is 53.3 Å². The van der Waals surface area contributed by atoms with Gasteiger partial charge in [0.15, 0.2) is 4.60 Å². The monoisotopic (exact) mass is 409 g/mol. The average molecular weight is 411 g/mol. The van der Waals surface area contributed by atoms with Crippen LogP contribution in [0.3, 0.4) is 0 Å². The van der Waals surface area contributed by atoms with Crippen molar-refractivity contribution in [1.82, 2.24) is 15.0 Å². The molecule has 0 bridgehead atoms. The van der Waals surface area contributed by atoms with Gasteiger partial charge >= 0.3 is 0 Å². The van der Waals surface area contributed by atoms with Crippen LogP contribution in [-0.2, 0) is 17.1 Å². The number of nitrogen functional groups attached to an aromatic ring is 1. The minimum atomic E-state index is -3.82. The minimum absolute atomic E-state index is 0.0678. The molecule has 0 radical (unpaired) electrons. The summed E-state index contributed by atoms with van der Waals surface area (Å²) < 4.78 is 28.8. The van der Waals surface area contributed by atoms with Crippen LogP contribution in [0.25, 0.3) is 0 Å². The van der Waals surface area contributed by atoms with Crippen LogP contribution in [-0.4, -0.2) is 23.4 Å². The largest absolute Gasteiger partial charge is 0.399 e. The molecule has 0 saturated heterocycles. The number of nitrogens with two attached hydrogens (primary N) is 1. The quantitative estimate of drug-likeness (QED) is 0.750. The van der Waals surface area contributed by atoms with Crippen molar-refractivity contribution < 1.29 is 8.42 Å². The summed E-state index contributed by atoms with van der Waals surface area (Å²) in [5, 5.41) is 7.20. The van der Waals surface area contributed by atoms with Crippen molar-refractivity contribution in [1.29, 1.82) is 0 Å². The second kappa shape index (κ2) is 5.10. The molecule has 1 aromatic heterocycles. The molecular formula is C9H9Br2N5O2S. The fourth-order valence-electron chi connectivity index (χ4n) is 1.42. The molecule has 1 heterocycles. The first-order chi connectivity index (χ1) is 8.81. The molecule has 0 amide bonds. The zero-order valence-corrected chi connectivity index (χ0v) is 13.6. The van der Waals surface area contributed by atoms with Crippen molar-refractivity contribution in [2.24, 2.45) is 7.05 Å². The number of aromatic nitrogens is 3. The average Bonchev–Trinajstić information content (AvgIpc) is 2.64. The molecule has 0 saturated carbocycles. The zero-order valence-electron chi connectivity index (χ0n) is 9.63. The molecule has 0 spiro atoms. The second-order valence-electron chi connectivity index (χ2n) is 3.65. The Balaban J connectivity index is 2.45. The Morgan fingerprint density at radius 1 is 1.37 bits per heavy atom. The lowest BCUT2D eigenvalue weighted by molar-refractivity contribution is 0.578. The molecule has 0 fully saturated rings. The number of benzene rings is 1. The molecule has 7 nitrogen and oxygen atoms in total. The molecule has 10 heteroatoms. The molecule has 0 aliphatic rings. The first-order valence-corrected chi connectivity index (χ1v) is 8.01. The van der Waals surface area contributed by atoms with Crippen molar-refractivity contribution in [2.45, 2.75) is 5.03 Å². The topological polar surface area (TPSA) is 103 Å². The predicted molar refractivity (Wildman–Crippen MR) is 78.1 cm³/mol. The van der Waals surface area contributed by atoms with E-state index < -0.39 is 10.0 Å². The highest BCUT2D eigenvalue weighted by atomic mass is 79.9. The van der Waals surface area contributed by atoms with E-state index in [1.807, 2.05) is 0 Å².